The number of ether oxygens (including phenoxy) is 1. The average Bonchev–Trinajstić information content (AvgIpc) is 3.33. The van der Waals surface area contributed by atoms with Crippen molar-refractivity contribution in [3.63, 3.8) is 0 Å². The fraction of sp³-hybridized carbons (Fsp3) is 0.419. The van der Waals surface area contributed by atoms with Crippen LogP contribution in [0, 0.1) is 36.5 Å². The molecule has 0 radical (unpaired) electrons. The molecular weight excluding hydrogens is 432 g/mol. The van der Waals surface area contributed by atoms with Crippen molar-refractivity contribution in [1.82, 2.24) is 4.98 Å². The van der Waals surface area contributed by atoms with Crippen molar-refractivity contribution in [2.75, 3.05) is 0 Å². The zero-order valence-electron chi connectivity index (χ0n) is 21.4. The molecule has 2 heterocycles. The van der Waals surface area contributed by atoms with Crippen molar-refractivity contribution in [3.8, 4) is 11.1 Å². The first-order chi connectivity index (χ1) is 16.8. The largest absolute Gasteiger partial charge is 0.458 e. The van der Waals surface area contributed by atoms with Crippen LogP contribution in [0.3, 0.4) is 0 Å². The molecular formula is C31H36N2O2. The van der Waals surface area contributed by atoms with E-state index in [4.69, 9.17) is 9.73 Å². The van der Waals surface area contributed by atoms with Gasteiger partial charge in [-0.1, -0.05) is 75.4 Å². The Balaban J connectivity index is 1.55. The highest BCUT2D eigenvalue weighted by molar-refractivity contribution is 6.01. The fourth-order valence-corrected chi connectivity index (χ4v) is 6.44. The summed E-state index contributed by atoms with van der Waals surface area (Å²) in [5.74, 6) is 1.70. The smallest absolute Gasteiger partial charge is 0.340 e. The van der Waals surface area contributed by atoms with Gasteiger partial charge >= 0.3 is 5.97 Å². The van der Waals surface area contributed by atoms with Crippen molar-refractivity contribution in [1.29, 1.82) is 0 Å². The zero-order chi connectivity index (χ0) is 24.7. The Bertz CT molecular complexity index is 1220. The third-order valence-corrected chi connectivity index (χ3v) is 7.95. The van der Waals surface area contributed by atoms with Gasteiger partial charge in [0.2, 0.25) is 0 Å². The van der Waals surface area contributed by atoms with E-state index in [0.29, 0.717) is 29.2 Å². The third-order valence-electron chi connectivity index (χ3n) is 7.95. The Hall–Kier alpha value is -3.14. The molecule has 182 valence electrons. The SMILES string of the molecule is CC1=N/C(=C\c2[nH]c(C)c(C(=O)OC3C(C)CC(C)CC3C)c2-c2ccccc2)C2C=CC=CC12. The van der Waals surface area contributed by atoms with Gasteiger partial charge in [0.25, 0.3) is 0 Å². The minimum absolute atomic E-state index is 0.0552. The van der Waals surface area contributed by atoms with E-state index in [1.165, 1.54) is 0 Å². The van der Waals surface area contributed by atoms with Crippen LogP contribution in [0.5, 0.6) is 0 Å². The van der Waals surface area contributed by atoms with E-state index < -0.39 is 0 Å². The molecule has 4 heteroatoms. The molecule has 4 atom stereocenters. The first-order valence-corrected chi connectivity index (χ1v) is 12.9. The topological polar surface area (TPSA) is 54.5 Å². The molecule has 5 rings (SSSR count). The average molecular weight is 469 g/mol. The minimum atomic E-state index is -0.231. The Labute approximate surface area is 208 Å². The van der Waals surface area contributed by atoms with Crippen molar-refractivity contribution in [2.24, 2.45) is 34.6 Å². The molecule has 0 spiro atoms. The van der Waals surface area contributed by atoms with Gasteiger partial charge in [-0.3, -0.25) is 4.99 Å². The number of H-pyrrole nitrogens is 1. The molecule has 0 saturated heterocycles. The van der Waals surface area contributed by atoms with E-state index in [-0.39, 0.29) is 18.0 Å². The Kier molecular flexibility index (Phi) is 6.39. The van der Waals surface area contributed by atoms with Crippen molar-refractivity contribution < 1.29 is 9.53 Å². The van der Waals surface area contributed by atoms with Crippen molar-refractivity contribution >= 4 is 17.8 Å². The first kappa shape index (κ1) is 23.6. The molecule has 3 aliphatic rings. The van der Waals surface area contributed by atoms with Gasteiger partial charge in [-0.25, -0.2) is 4.79 Å². The number of rotatable bonds is 4. The van der Waals surface area contributed by atoms with Crippen LogP contribution >= 0.6 is 0 Å². The lowest BCUT2D eigenvalue weighted by molar-refractivity contribution is -0.0252. The number of carbonyl (C=O) groups is 1. The second-order valence-corrected chi connectivity index (χ2v) is 10.8. The van der Waals surface area contributed by atoms with Crippen LogP contribution in [0.25, 0.3) is 17.2 Å². The number of esters is 1. The van der Waals surface area contributed by atoms with E-state index in [1.54, 1.807) is 0 Å². The van der Waals surface area contributed by atoms with E-state index >= 15 is 0 Å². The lowest BCUT2D eigenvalue weighted by Crippen LogP contribution is -2.37. The Morgan fingerprint density at radius 1 is 1.00 bits per heavy atom. The highest BCUT2D eigenvalue weighted by atomic mass is 16.5. The monoisotopic (exact) mass is 468 g/mol. The molecule has 1 aliphatic heterocycles. The quantitative estimate of drug-likeness (QED) is 0.476. The lowest BCUT2D eigenvalue weighted by atomic mass is 9.75. The van der Waals surface area contributed by atoms with Crippen LogP contribution in [0.4, 0.5) is 0 Å². The minimum Gasteiger partial charge on any atom is -0.458 e. The number of nitrogens with one attached hydrogen (secondary N) is 1. The van der Waals surface area contributed by atoms with Gasteiger partial charge in [0.1, 0.15) is 6.10 Å². The molecule has 1 aromatic heterocycles. The molecule has 0 amide bonds. The van der Waals surface area contributed by atoms with Crippen LogP contribution < -0.4 is 0 Å². The third kappa shape index (κ3) is 4.47. The number of aliphatic imine (C=N–C) groups is 1. The van der Waals surface area contributed by atoms with Gasteiger partial charge in [0, 0.05) is 34.5 Å². The number of allylic oxidation sites excluding steroid dienone is 4. The number of fused-ring (bicyclic) bond motifs is 1. The number of aromatic nitrogens is 1. The van der Waals surface area contributed by atoms with E-state index in [1.807, 2.05) is 25.1 Å². The van der Waals surface area contributed by atoms with E-state index in [0.717, 1.165) is 46.8 Å². The summed E-state index contributed by atoms with van der Waals surface area (Å²) >= 11 is 0. The van der Waals surface area contributed by atoms with Gasteiger partial charge < -0.3 is 9.72 Å². The second-order valence-electron chi connectivity index (χ2n) is 10.8. The van der Waals surface area contributed by atoms with Crippen LogP contribution in [-0.2, 0) is 4.74 Å². The molecule has 1 aromatic carbocycles. The first-order valence-electron chi connectivity index (χ1n) is 12.9. The van der Waals surface area contributed by atoms with Gasteiger partial charge in [-0.15, -0.1) is 0 Å². The summed E-state index contributed by atoms with van der Waals surface area (Å²) in [4.78, 5) is 22.1. The molecule has 4 unspecified atom stereocenters. The molecule has 2 aromatic rings. The summed E-state index contributed by atoms with van der Waals surface area (Å²) in [6, 6.07) is 10.1. The summed E-state index contributed by atoms with van der Waals surface area (Å²) in [5.41, 5.74) is 6.43. The maximum absolute atomic E-state index is 13.7. The predicted octanol–water partition coefficient (Wildman–Crippen LogP) is 7.39. The number of benzene rings is 1. The van der Waals surface area contributed by atoms with Crippen molar-refractivity contribution in [2.45, 2.75) is 53.6 Å². The van der Waals surface area contributed by atoms with Crippen LogP contribution in [0.1, 0.15) is 62.3 Å². The number of carbonyl (C=O) groups excluding carboxylic acids is 1. The summed E-state index contributed by atoms with van der Waals surface area (Å²) < 4.78 is 6.25. The molecule has 0 bridgehead atoms. The number of hydrogen-bond acceptors (Lipinski definition) is 3. The number of nitrogens with zero attached hydrogens (tertiary/aromatic N) is 1. The number of aryl methyl sites for hydroxylation is 1. The Morgan fingerprint density at radius 2 is 1.66 bits per heavy atom. The summed E-state index contributed by atoms with van der Waals surface area (Å²) in [7, 11) is 0. The lowest BCUT2D eigenvalue weighted by Gasteiger charge is -2.37. The van der Waals surface area contributed by atoms with Crippen LogP contribution in [-0.4, -0.2) is 22.8 Å². The summed E-state index contributed by atoms with van der Waals surface area (Å²) in [6.07, 6.45) is 12.9. The maximum atomic E-state index is 13.7. The highest BCUT2D eigenvalue weighted by Gasteiger charge is 2.36. The second kappa shape index (κ2) is 9.49. The molecule has 2 aliphatic carbocycles. The van der Waals surface area contributed by atoms with Gasteiger partial charge in [0.05, 0.1) is 11.3 Å². The number of aromatic amines is 1. The zero-order valence-corrected chi connectivity index (χ0v) is 21.4. The highest BCUT2D eigenvalue weighted by Crippen LogP contribution is 2.40. The van der Waals surface area contributed by atoms with E-state index in [9.17, 15) is 4.79 Å². The Morgan fingerprint density at radius 3 is 2.34 bits per heavy atom. The van der Waals surface area contributed by atoms with Gasteiger partial charge in [0.15, 0.2) is 0 Å². The normalized spacial score (nSPS) is 30.9. The molecule has 1 N–H and O–H groups in total. The molecule has 4 nitrogen and oxygen atoms in total. The standard InChI is InChI=1S/C31H36N2O2/c1-18-15-19(2)30(20(3)16-18)35-31(34)28-22(5)33-27(29(28)23-11-7-6-8-12-23)17-26-25-14-10-9-13-24(25)21(4)32-26/h6-14,17-20,24-25,30,33H,15-16H2,1-5H3/b26-17-. The van der Waals surface area contributed by atoms with Crippen molar-refractivity contribution in [3.05, 3.63) is 77.3 Å². The summed E-state index contributed by atoms with van der Waals surface area (Å²) in [6.45, 7) is 10.8. The number of hydrogen-bond donors (Lipinski definition) is 1. The van der Waals surface area contributed by atoms with Gasteiger partial charge in [-0.2, -0.15) is 0 Å². The van der Waals surface area contributed by atoms with Crippen LogP contribution in [0.2, 0.25) is 0 Å². The molecule has 1 saturated carbocycles. The predicted molar refractivity (Wildman–Crippen MR) is 143 cm³/mol. The van der Waals surface area contributed by atoms with Crippen LogP contribution in [0.15, 0.2) is 65.3 Å². The summed E-state index contributed by atoms with van der Waals surface area (Å²) in [5, 5.41) is 0. The molecule has 1 fully saturated rings. The fourth-order valence-electron chi connectivity index (χ4n) is 6.44. The van der Waals surface area contributed by atoms with E-state index in [2.05, 4.69) is 75.2 Å². The molecule has 35 heavy (non-hydrogen) atoms. The maximum Gasteiger partial charge on any atom is 0.340 e. The van der Waals surface area contributed by atoms with Gasteiger partial charge in [-0.05, 0) is 56.1 Å².